The Hall–Kier alpha value is -3.48. The Morgan fingerprint density at radius 2 is 1.52 bits per heavy atom. The Balaban J connectivity index is 1.55. The average molecular weight is 414 g/mol. The van der Waals surface area contributed by atoms with Crippen LogP contribution >= 0.6 is 0 Å². The van der Waals surface area contributed by atoms with Gasteiger partial charge in [-0.2, -0.15) is 0 Å². The van der Waals surface area contributed by atoms with Crippen LogP contribution in [0.2, 0.25) is 0 Å². The summed E-state index contributed by atoms with van der Waals surface area (Å²) in [5.41, 5.74) is 1.61. The maximum atomic E-state index is 11.7. The monoisotopic (exact) mass is 414 g/mol. The first kappa shape index (κ1) is 19.5. The first-order chi connectivity index (χ1) is 15.1. The van der Waals surface area contributed by atoms with E-state index in [4.69, 9.17) is 14.5 Å². The highest BCUT2D eigenvalue weighted by Gasteiger charge is 2.69. The molecular formula is C25H22N2O4. The van der Waals surface area contributed by atoms with E-state index in [0.717, 1.165) is 16.7 Å². The molecule has 0 amide bonds. The van der Waals surface area contributed by atoms with Crippen LogP contribution in [-0.2, 0) is 14.3 Å². The highest BCUT2D eigenvalue weighted by Crippen LogP contribution is 2.48. The Morgan fingerprint density at radius 3 is 2.00 bits per heavy atom. The summed E-state index contributed by atoms with van der Waals surface area (Å²) in [6.45, 7) is 0.353. The fraction of sp³-hybridized carbons (Fsp3) is 0.200. The van der Waals surface area contributed by atoms with Gasteiger partial charge in [0.15, 0.2) is 5.54 Å². The third kappa shape index (κ3) is 3.40. The summed E-state index contributed by atoms with van der Waals surface area (Å²) in [5.74, 6) is -1.94. The van der Waals surface area contributed by atoms with Gasteiger partial charge in [-0.15, -0.1) is 0 Å². The summed E-state index contributed by atoms with van der Waals surface area (Å²) in [5, 5.41) is 12.8. The number of carbonyl (C=O) groups is 1. The predicted molar refractivity (Wildman–Crippen MR) is 116 cm³/mol. The Labute approximate surface area is 180 Å². The molecule has 6 nitrogen and oxygen atoms in total. The highest BCUT2D eigenvalue weighted by molar-refractivity contribution is 5.96. The van der Waals surface area contributed by atoms with Gasteiger partial charge in [-0.05, 0) is 23.3 Å². The van der Waals surface area contributed by atoms with Crippen molar-refractivity contribution in [2.75, 3.05) is 6.54 Å². The van der Waals surface area contributed by atoms with E-state index >= 15 is 0 Å². The van der Waals surface area contributed by atoms with Gasteiger partial charge in [0.05, 0.1) is 6.42 Å². The number of nitrogens with one attached hydrogen (secondary N) is 1. The summed E-state index contributed by atoms with van der Waals surface area (Å²) in [6, 6.07) is 29.1. The molecule has 1 fully saturated rings. The average Bonchev–Trinajstić information content (AvgIpc) is 3.01. The number of aliphatic carboxylic acids is 1. The van der Waals surface area contributed by atoms with E-state index in [0.29, 0.717) is 12.4 Å². The molecule has 156 valence electrons. The van der Waals surface area contributed by atoms with Crippen LogP contribution in [0, 0.1) is 0 Å². The van der Waals surface area contributed by atoms with Gasteiger partial charge in [-0.1, -0.05) is 78.9 Å². The van der Waals surface area contributed by atoms with E-state index < -0.39 is 23.5 Å². The molecule has 1 saturated heterocycles. The lowest BCUT2D eigenvalue weighted by Crippen LogP contribution is -2.77. The Morgan fingerprint density at radius 1 is 0.968 bits per heavy atom. The molecule has 0 aliphatic carbocycles. The molecule has 2 aliphatic rings. The summed E-state index contributed by atoms with van der Waals surface area (Å²) < 4.78 is 12.9. The van der Waals surface area contributed by atoms with Crippen LogP contribution in [0.4, 0.5) is 0 Å². The molecule has 2 heterocycles. The van der Waals surface area contributed by atoms with Crippen molar-refractivity contribution in [3.05, 3.63) is 108 Å². The lowest BCUT2D eigenvalue weighted by Gasteiger charge is -2.51. The minimum Gasteiger partial charge on any atom is -0.481 e. The molecule has 0 spiro atoms. The Kier molecular flexibility index (Phi) is 4.81. The second kappa shape index (κ2) is 7.65. The van der Waals surface area contributed by atoms with E-state index in [1.807, 2.05) is 91.0 Å². The van der Waals surface area contributed by atoms with Crippen LogP contribution in [0.1, 0.15) is 29.2 Å². The summed E-state index contributed by atoms with van der Waals surface area (Å²) in [4.78, 5) is 16.5. The standard InChI is InChI=1S/C25H22N2O4/c28-21(29)16-24-17-26-25(24,31-23(27-24)20-14-8-3-9-15-20)30-22(18-10-4-1-5-11-18)19-12-6-2-7-13-19/h1-15,22,26H,16-17H2,(H,28,29). The normalized spacial score (nSPS) is 24.1. The SMILES string of the molecule is O=C(O)CC12CNC1(OC(c1ccccc1)c1ccccc1)OC(c1ccccc1)=N2. The number of nitrogens with zero attached hydrogens (tertiary/aromatic N) is 1. The maximum Gasteiger partial charge on any atom is 0.306 e. The molecule has 2 N–H and O–H groups in total. The van der Waals surface area contributed by atoms with Gasteiger partial charge in [0.2, 0.25) is 5.90 Å². The second-order valence-electron chi connectivity index (χ2n) is 7.78. The van der Waals surface area contributed by atoms with Gasteiger partial charge in [0.25, 0.3) is 0 Å². The van der Waals surface area contributed by atoms with Crippen LogP contribution in [-0.4, -0.2) is 35.0 Å². The van der Waals surface area contributed by atoms with E-state index in [-0.39, 0.29) is 6.42 Å². The van der Waals surface area contributed by atoms with Crippen LogP contribution in [0.5, 0.6) is 0 Å². The number of fused-ring (bicyclic) bond motifs is 1. The zero-order valence-corrected chi connectivity index (χ0v) is 16.8. The van der Waals surface area contributed by atoms with Crippen LogP contribution in [0.15, 0.2) is 96.0 Å². The summed E-state index contributed by atoms with van der Waals surface area (Å²) in [7, 11) is 0. The first-order valence-corrected chi connectivity index (χ1v) is 10.2. The number of hydrogen-bond donors (Lipinski definition) is 2. The fourth-order valence-corrected chi connectivity index (χ4v) is 4.13. The molecule has 0 aromatic heterocycles. The van der Waals surface area contributed by atoms with Crippen molar-refractivity contribution in [2.24, 2.45) is 4.99 Å². The molecule has 0 saturated carbocycles. The topological polar surface area (TPSA) is 80.2 Å². The molecule has 2 aliphatic heterocycles. The van der Waals surface area contributed by atoms with Gasteiger partial charge in [0, 0.05) is 12.1 Å². The number of benzene rings is 3. The molecule has 0 bridgehead atoms. The fourth-order valence-electron chi connectivity index (χ4n) is 4.13. The number of carboxylic acids is 1. The van der Waals surface area contributed by atoms with Crippen molar-refractivity contribution in [1.82, 2.24) is 5.32 Å². The summed E-state index contributed by atoms with van der Waals surface area (Å²) in [6.07, 6.45) is -0.666. The van der Waals surface area contributed by atoms with Gasteiger partial charge in [-0.3, -0.25) is 10.1 Å². The predicted octanol–water partition coefficient (Wildman–Crippen LogP) is 3.74. The van der Waals surface area contributed by atoms with E-state index in [9.17, 15) is 9.90 Å². The number of hydrogen-bond acceptors (Lipinski definition) is 5. The molecular weight excluding hydrogens is 392 g/mol. The lowest BCUT2D eigenvalue weighted by atomic mass is 9.83. The van der Waals surface area contributed by atoms with E-state index in [1.54, 1.807) is 0 Å². The molecule has 31 heavy (non-hydrogen) atoms. The van der Waals surface area contributed by atoms with Crippen molar-refractivity contribution < 1.29 is 19.4 Å². The third-order valence-electron chi connectivity index (χ3n) is 5.74. The number of rotatable bonds is 7. The smallest absolute Gasteiger partial charge is 0.306 e. The minimum atomic E-state index is -1.37. The first-order valence-electron chi connectivity index (χ1n) is 10.2. The van der Waals surface area contributed by atoms with E-state index in [2.05, 4.69) is 5.32 Å². The van der Waals surface area contributed by atoms with Crippen LogP contribution in [0.3, 0.4) is 0 Å². The van der Waals surface area contributed by atoms with Crippen LogP contribution in [0.25, 0.3) is 0 Å². The van der Waals surface area contributed by atoms with Crippen molar-refractivity contribution in [3.8, 4) is 0 Å². The minimum absolute atomic E-state index is 0.202. The quantitative estimate of drug-likeness (QED) is 0.616. The largest absolute Gasteiger partial charge is 0.481 e. The van der Waals surface area contributed by atoms with Crippen molar-refractivity contribution in [2.45, 2.75) is 24.0 Å². The second-order valence-corrected chi connectivity index (χ2v) is 7.78. The third-order valence-corrected chi connectivity index (χ3v) is 5.74. The lowest BCUT2D eigenvalue weighted by molar-refractivity contribution is -0.298. The van der Waals surface area contributed by atoms with Gasteiger partial charge in [-0.25, -0.2) is 4.99 Å². The van der Waals surface area contributed by atoms with Crippen molar-refractivity contribution in [1.29, 1.82) is 0 Å². The molecule has 3 aromatic carbocycles. The van der Waals surface area contributed by atoms with Crippen LogP contribution < -0.4 is 5.32 Å². The molecule has 6 heteroatoms. The van der Waals surface area contributed by atoms with Gasteiger partial charge >= 0.3 is 11.9 Å². The number of ether oxygens (including phenoxy) is 2. The number of aliphatic imine (C=N–C) groups is 1. The molecule has 2 unspecified atom stereocenters. The van der Waals surface area contributed by atoms with Crippen molar-refractivity contribution >= 4 is 11.9 Å². The maximum absolute atomic E-state index is 11.7. The van der Waals surface area contributed by atoms with E-state index in [1.165, 1.54) is 0 Å². The van der Waals surface area contributed by atoms with Gasteiger partial charge < -0.3 is 14.6 Å². The zero-order valence-electron chi connectivity index (χ0n) is 16.8. The molecule has 3 aromatic rings. The highest BCUT2D eigenvalue weighted by atomic mass is 16.7. The van der Waals surface area contributed by atoms with Crippen molar-refractivity contribution in [3.63, 3.8) is 0 Å². The Bertz CT molecular complexity index is 1060. The molecule has 2 atom stereocenters. The number of carboxylic acid groups (broad SMARTS) is 1. The molecule has 5 rings (SSSR count). The van der Waals surface area contributed by atoms with Gasteiger partial charge in [0.1, 0.15) is 6.10 Å². The zero-order chi connectivity index (χ0) is 21.3. The molecule has 0 radical (unpaired) electrons. The summed E-state index contributed by atoms with van der Waals surface area (Å²) >= 11 is 0.